The maximum absolute atomic E-state index is 13.3. The van der Waals surface area contributed by atoms with Crippen molar-refractivity contribution in [2.45, 2.75) is 18.3 Å². The Morgan fingerprint density at radius 2 is 1.69 bits per heavy atom. The predicted octanol–water partition coefficient (Wildman–Crippen LogP) is 3.60. The van der Waals surface area contributed by atoms with E-state index in [1.54, 1.807) is 6.20 Å². The molecule has 2 fully saturated rings. The van der Waals surface area contributed by atoms with Crippen molar-refractivity contribution in [2.75, 3.05) is 13.1 Å². The highest BCUT2D eigenvalue weighted by atomic mass is 19.4. The first-order valence-electron chi connectivity index (χ1n) is 8.33. The lowest BCUT2D eigenvalue weighted by Gasteiger charge is -2.10. The number of carboxylic acid groups (broad SMARTS) is 1. The normalized spacial score (nSPS) is 23.2. The average Bonchev–Trinajstić information content (AvgIpc) is 3.00. The molecule has 1 aromatic carbocycles. The summed E-state index contributed by atoms with van der Waals surface area (Å²) in [4.78, 5) is 8.90. The molecule has 1 saturated carbocycles. The van der Waals surface area contributed by atoms with Gasteiger partial charge in [0.1, 0.15) is 5.82 Å². The summed E-state index contributed by atoms with van der Waals surface area (Å²) in [5, 5.41) is 14.8. The van der Waals surface area contributed by atoms with Crippen LogP contribution in [-0.2, 0) is 11.0 Å². The maximum atomic E-state index is 13.3. The quantitative estimate of drug-likeness (QED) is 0.722. The van der Waals surface area contributed by atoms with Gasteiger partial charge < -0.3 is 10.4 Å². The molecule has 0 unspecified atom stereocenters. The zero-order valence-corrected chi connectivity index (χ0v) is 14.4. The molecular weight excluding hydrogens is 411 g/mol. The van der Waals surface area contributed by atoms with Gasteiger partial charge in [-0.15, -0.1) is 0 Å². The smallest absolute Gasteiger partial charge is 0.475 e. The Morgan fingerprint density at radius 3 is 2.21 bits per heavy atom. The van der Waals surface area contributed by atoms with Crippen LogP contribution in [0.1, 0.15) is 17.2 Å². The van der Waals surface area contributed by atoms with Gasteiger partial charge in [0, 0.05) is 12.1 Å². The zero-order valence-electron chi connectivity index (χ0n) is 14.4. The number of hydrogen-bond acceptors (Lipinski definition) is 3. The summed E-state index contributed by atoms with van der Waals surface area (Å²) in [6.45, 7) is 1.94. The Hall–Kier alpha value is -2.63. The number of carbonyl (C=O) groups is 1. The van der Waals surface area contributed by atoms with Crippen molar-refractivity contribution in [1.29, 1.82) is 0 Å². The third kappa shape index (κ3) is 4.52. The van der Waals surface area contributed by atoms with E-state index in [0.29, 0.717) is 17.8 Å². The van der Waals surface area contributed by atoms with E-state index in [1.807, 2.05) is 6.07 Å². The Bertz CT molecular complexity index is 897. The molecule has 1 aliphatic heterocycles. The molecule has 2 aliphatic rings. The third-order valence-electron chi connectivity index (χ3n) is 4.81. The van der Waals surface area contributed by atoms with E-state index in [4.69, 9.17) is 9.90 Å². The van der Waals surface area contributed by atoms with E-state index in [2.05, 4.69) is 10.4 Å². The van der Waals surface area contributed by atoms with E-state index < -0.39 is 29.7 Å². The van der Waals surface area contributed by atoms with E-state index in [9.17, 15) is 30.7 Å². The standard InChI is InChI=1S/C15H13F4N3.C2HF3O2/c16-12-2-1-8(5-11(12)15(17,18)19)22-4-3-13(21-22)14-9-6-20-7-10(9)14;3-2(4,5)1(6)7/h1-5,9-10,14,20H,6-7H2;(H,6,7)/t9-,10+,14+;. The summed E-state index contributed by atoms with van der Waals surface area (Å²) in [7, 11) is 0. The lowest BCUT2D eigenvalue weighted by Crippen LogP contribution is -2.21. The fourth-order valence-electron chi connectivity index (χ4n) is 3.39. The Balaban J connectivity index is 0.000000298. The number of alkyl halides is 6. The number of rotatable bonds is 2. The molecule has 158 valence electrons. The van der Waals surface area contributed by atoms with E-state index in [1.165, 1.54) is 10.7 Å². The molecule has 12 heteroatoms. The molecule has 0 amide bonds. The topological polar surface area (TPSA) is 67.2 Å². The molecule has 5 nitrogen and oxygen atoms in total. The Labute approximate surface area is 159 Å². The fourth-order valence-corrected chi connectivity index (χ4v) is 3.39. The van der Waals surface area contributed by atoms with Crippen molar-refractivity contribution in [3.05, 3.63) is 47.5 Å². The zero-order chi connectivity index (χ0) is 21.6. The number of nitrogens with zero attached hydrogens (tertiary/aromatic N) is 2. The second-order valence-electron chi connectivity index (χ2n) is 6.66. The van der Waals surface area contributed by atoms with E-state index in [0.717, 1.165) is 30.9 Å². The molecular formula is C17H14F7N3O2. The first kappa shape index (κ1) is 21.1. The molecule has 1 saturated heterocycles. The number of benzene rings is 1. The summed E-state index contributed by atoms with van der Waals surface area (Å²) >= 11 is 0. The van der Waals surface area contributed by atoms with Crippen LogP contribution in [0.3, 0.4) is 0 Å². The number of carboxylic acids is 1. The minimum absolute atomic E-state index is 0.212. The van der Waals surface area contributed by atoms with Crippen molar-refractivity contribution in [2.24, 2.45) is 11.8 Å². The summed E-state index contributed by atoms with van der Waals surface area (Å²) in [5.74, 6) is -2.46. The monoisotopic (exact) mass is 425 g/mol. The number of aliphatic carboxylic acids is 1. The van der Waals surface area contributed by atoms with Gasteiger partial charge in [-0.05, 0) is 49.2 Å². The van der Waals surface area contributed by atoms with E-state index in [-0.39, 0.29) is 5.69 Å². The SMILES string of the molecule is Fc1ccc(-n2ccc([C@H]3[C@@H]4CNC[C@@H]43)n2)cc1C(F)(F)F.O=C(O)C(F)(F)F. The Kier molecular flexibility index (Phi) is 5.32. The van der Waals surface area contributed by atoms with Crippen LogP contribution in [0.2, 0.25) is 0 Å². The molecule has 1 aromatic heterocycles. The highest BCUT2D eigenvalue weighted by Crippen LogP contribution is 2.55. The number of fused-ring (bicyclic) bond motifs is 1. The van der Waals surface area contributed by atoms with Crippen LogP contribution in [0.15, 0.2) is 30.5 Å². The van der Waals surface area contributed by atoms with Gasteiger partial charge in [-0.3, -0.25) is 0 Å². The van der Waals surface area contributed by atoms with E-state index >= 15 is 0 Å². The van der Waals surface area contributed by atoms with Crippen molar-refractivity contribution in [3.8, 4) is 5.69 Å². The van der Waals surface area contributed by atoms with Gasteiger partial charge in [-0.25, -0.2) is 13.9 Å². The van der Waals surface area contributed by atoms with Crippen LogP contribution in [0, 0.1) is 17.7 Å². The Morgan fingerprint density at radius 1 is 1.10 bits per heavy atom. The van der Waals surface area contributed by atoms with Crippen molar-refractivity contribution >= 4 is 5.97 Å². The van der Waals surface area contributed by atoms with Crippen LogP contribution in [0.5, 0.6) is 0 Å². The van der Waals surface area contributed by atoms with Gasteiger partial charge in [-0.2, -0.15) is 31.4 Å². The van der Waals surface area contributed by atoms with Gasteiger partial charge in [0.2, 0.25) is 0 Å². The number of aromatic nitrogens is 2. The fraction of sp³-hybridized carbons (Fsp3) is 0.412. The number of halogens is 7. The first-order chi connectivity index (χ1) is 13.4. The number of piperidine rings is 1. The largest absolute Gasteiger partial charge is 0.490 e. The van der Waals surface area contributed by atoms with Crippen LogP contribution in [0.4, 0.5) is 30.7 Å². The van der Waals surface area contributed by atoms with Gasteiger partial charge in [0.05, 0.1) is 16.9 Å². The highest BCUT2D eigenvalue weighted by molar-refractivity contribution is 5.73. The first-order valence-corrected chi connectivity index (χ1v) is 8.33. The molecule has 29 heavy (non-hydrogen) atoms. The second kappa shape index (κ2) is 7.32. The second-order valence-corrected chi connectivity index (χ2v) is 6.66. The minimum atomic E-state index is -5.08. The van der Waals surface area contributed by atoms with Gasteiger partial charge in [-0.1, -0.05) is 0 Å². The van der Waals surface area contributed by atoms with Gasteiger partial charge in [0.15, 0.2) is 0 Å². The van der Waals surface area contributed by atoms with Gasteiger partial charge >= 0.3 is 18.3 Å². The third-order valence-corrected chi connectivity index (χ3v) is 4.81. The number of hydrogen-bond donors (Lipinski definition) is 2. The van der Waals surface area contributed by atoms with Gasteiger partial charge in [0.25, 0.3) is 0 Å². The molecule has 0 spiro atoms. The van der Waals surface area contributed by atoms with Crippen molar-refractivity contribution in [3.63, 3.8) is 0 Å². The number of nitrogens with one attached hydrogen (secondary N) is 1. The molecule has 1 aliphatic carbocycles. The van der Waals surface area contributed by atoms with Crippen LogP contribution in [0.25, 0.3) is 5.69 Å². The molecule has 0 bridgehead atoms. The summed E-state index contributed by atoms with van der Waals surface area (Å²) in [6, 6.07) is 4.76. The lowest BCUT2D eigenvalue weighted by molar-refractivity contribution is -0.192. The molecule has 2 aromatic rings. The van der Waals surface area contributed by atoms with Crippen LogP contribution < -0.4 is 5.32 Å². The predicted molar refractivity (Wildman–Crippen MR) is 84.8 cm³/mol. The maximum Gasteiger partial charge on any atom is 0.490 e. The summed E-state index contributed by atoms with van der Waals surface area (Å²) in [6.07, 6.45) is -8.17. The van der Waals surface area contributed by atoms with Crippen molar-refractivity contribution in [1.82, 2.24) is 15.1 Å². The summed E-state index contributed by atoms with van der Waals surface area (Å²) < 4.78 is 84.7. The molecule has 2 N–H and O–H groups in total. The molecule has 0 radical (unpaired) electrons. The van der Waals surface area contributed by atoms with Crippen LogP contribution in [-0.4, -0.2) is 40.1 Å². The summed E-state index contributed by atoms with van der Waals surface area (Å²) in [5.41, 5.74) is -0.159. The molecule has 2 heterocycles. The van der Waals surface area contributed by atoms with Crippen molar-refractivity contribution < 1.29 is 40.6 Å². The van der Waals surface area contributed by atoms with Crippen LogP contribution >= 0.6 is 0 Å². The lowest BCUT2D eigenvalue weighted by atomic mass is 10.2. The molecule has 4 rings (SSSR count). The minimum Gasteiger partial charge on any atom is -0.475 e. The highest BCUT2D eigenvalue weighted by Gasteiger charge is 2.54. The average molecular weight is 425 g/mol. The molecule has 3 atom stereocenters.